The zero-order chi connectivity index (χ0) is 14.4. The summed E-state index contributed by atoms with van der Waals surface area (Å²) in [5.41, 5.74) is 1.22. The fraction of sp³-hybridized carbons (Fsp3) is 0.667. The van der Waals surface area contributed by atoms with E-state index in [0.717, 1.165) is 13.0 Å². The standard InChI is InChI=1S/C15H24N2OS2/c1-12-15(18)17(8-5-3-4-6-9-19-2)14(16-12)13-7-10-20-11-13/h7,10-12,14,16H,3-6,8-9H2,1-2H3. The van der Waals surface area contributed by atoms with Gasteiger partial charge in [-0.2, -0.15) is 23.1 Å². The van der Waals surface area contributed by atoms with Crippen molar-refractivity contribution in [3.8, 4) is 0 Å². The van der Waals surface area contributed by atoms with Crippen molar-refractivity contribution in [3.63, 3.8) is 0 Å². The summed E-state index contributed by atoms with van der Waals surface area (Å²) in [6, 6.07) is 2.05. The Labute approximate surface area is 130 Å². The second kappa shape index (κ2) is 8.05. The van der Waals surface area contributed by atoms with Gasteiger partial charge in [0.2, 0.25) is 5.91 Å². The van der Waals surface area contributed by atoms with Gasteiger partial charge in [0.05, 0.1) is 6.04 Å². The zero-order valence-electron chi connectivity index (χ0n) is 12.3. The van der Waals surface area contributed by atoms with Crippen LogP contribution in [0.15, 0.2) is 16.8 Å². The predicted octanol–water partition coefficient (Wildman–Crippen LogP) is 3.49. The molecule has 2 unspecified atom stereocenters. The fourth-order valence-electron chi connectivity index (χ4n) is 2.60. The van der Waals surface area contributed by atoms with Crippen molar-refractivity contribution in [2.45, 2.75) is 44.8 Å². The highest BCUT2D eigenvalue weighted by atomic mass is 32.2. The van der Waals surface area contributed by atoms with Gasteiger partial charge in [0.25, 0.3) is 0 Å². The molecule has 0 bridgehead atoms. The molecule has 1 fully saturated rings. The first-order chi connectivity index (χ1) is 9.74. The van der Waals surface area contributed by atoms with Crippen LogP contribution in [-0.4, -0.2) is 35.4 Å². The molecule has 5 heteroatoms. The van der Waals surface area contributed by atoms with Crippen LogP contribution in [0.3, 0.4) is 0 Å². The van der Waals surface area contributed by atoms with Gasteiger partial charge in [-0.25, -0.2) is 0 Å². The monoisotopic (exact) mass is 312 g/mol. The lowest BCUT2D eigenvalue weighted by molar-refractivity contribution is -0.129. The normalized spacial score (nSPS) is 22.7. The Morgan fingerprint density at radius 3 is 2.85 bits per heavy atom. The SMILES string of the molecule is CSCCCCCCN1C(=O)C(C)NC1c1ccsc1. The van der Waals surface area contributed by atoms with Gasteiger partial charge in [-0.05, 0) is 54.2 Å². The Bertz CT molecular complexity index is 408. The van der Waals surface area contributed by atoms with Gasteiger partial charge in [-0.1, -0.05) is 12.8 Å². The fourth-order valence-corrected chi connectivity index (χ4v) is 3.77. The third-order valence-corrected chi connectivity index (χ3v) is 5.13. The molecule has 3 nitrogen and oxygen atoms in total. The smallest absolute Gasteiger partial charge is 0.241 e. The van der Waals surface area contributed by atoms with E-state index in [1.54, 1.807) is 11.3 Å². The first-order valence-corrected chi connectivity index (χ1v) is 9.65. The highest BCUT2D eigenvalue weighted by molar-refractivity contribution is 7.98. The molecular weight excluding hydrogens is 288 g/mol. The summed E-state index contributed by atoms with van der Waals surface area (Å²) in [4.78, 5) is 14.3. The summed E-state index contributed by atoms with van der Waals surface area (Å²) in [5, 5.41) is 7.60. The molecule has 0 radical (unpaired) electrons. The van der Waals surface area contributed by atoms with E-state index in [4.69, 9.17) is 0 Å². The number of thioether (sulfide) groups is 1. The molecule has 20 heavy (non-hydrogen) atoms. The maximum absolute atomic E-state index is 12.2. The van der Waals surface area contributed by atoms with Gasteiger partial charge in [0.1, 0.15) is 6.17 Å². The number of amides is 1. The maximum Gasteiger partial charge on any atom is 0.241 e. The molecule has 1 aromatic rings. The minimum absolute atomic E-state index is 0.0589. The van der Waals surface area contributed by atoms with E-state index in [0.29, 0.717) is 0 Å². The van der Waals surface area contributed by atoms with Gasteiger partial charge < -0.3 is 4.90 Å². The largest absolute Gasteiger partial charge is 0.322 e. The van der Waals surface area contributed by atoms with Crippen LogP contribution in [0.2, 0.25) is 0 Å². The number of carbonyl (C=O) groups is 1. The second-order valence-corrected chi connectivity index (χ2v) is 7.05. The lowest BCUT2D eigenvalue weighted by Crippen LogP contribution is -2.31. The van der Waals surface area contributed by atoms with E-state index >= 15 is 0 Å². The highest BCUT2D eigenvalue weighted by Crippen LogP contribution is 2.27. The summed E-state index contributed by atoms with van der Waals surface area (Å²) < 4.78 is 0. The van der Waals surface area contributed by atoms with Gasteiger partial charge in [0, 0.05) is 6.54 Å². The summed E-state index contributed by atoms with van der Waals surface area (Å²) >= 11 is 3.60. The molecular formula is C15H24N2OS2. The second-order valence-electron chi connectivity index (χ2n) is 5.29. The molecule has 0 aromatic carbocycles. The van der Waals surface area contributed by atoms with Crippen LogP contribution < -0.4 is 5.32 Å². The Balaban J connectivity index is 1.82. The number of unbranched alkanes of at least 4 members (excludes halogenated alkanes) is 3. The Hall–Kier alpha value is -0.520. The Morgan fingerprint density at radius 2 is 2.15 bits per heavy atom. The van der Waals surface area contributed by atoms with Crippen molar-refractivity contribution in [2.75, 3.05) is 18.6 Å². The van der Waals surface area contributed by atoms with Crippen LogP contribution in [0.25, 0.3) is 0 Å². The van der Waals surface area contributed by atoms with Crippen LogP contribution >= 0.6 is 23.1 Å². The average molecular weight is 313 g/mol. The van der Waals surface area contributed by atoms with E-state index < -0.39 is 0 Å². The quantitative estimate of drug-likeness (QED) is 0.746. The number of nitrogens with zero attached hydrogens (tertiary/aromatic N) is 1. The molecule has 2 heterocycles. The Kier molecular flexibility index (Phi) is 6.39. The Morgan fingerprint density at radius 1 is 1.35 bits per heavy atom. The van der Waals surface area contributed by atoms with E-state index in [1.807, 2.05) is 23.6 Å². The van der Waals surface area contributed by atoms with Crippen molar-refractivity contribution in [1.29, 1.82) is 0 Å². The molecule has 1 aliphatic rings. The van der Waals surface area contributed by atoms with E-state index in [-0.39, 0.29) is 18.1 Å². The van der Waals surface area contributed by atoms with Gasteiger partial charge in [-0.15, -0.1) is 0 Å². The van der Waals surface area contributed by atoms with Gasteiger partial charge in [0.15, 0.2) is 0 Å². The lowest BCUT2D eigenvalue weighted by atomic mass is 10.2. The lowest BCUT2D eigenvalue weighted by Gasteiger charge is -2.23. The van der Waals surface area contributed by atoms with Crippen molar-refractivity contribution in [2.24, 2.45) is 0 Å². The maximum atomic E-state index is 12.2. The van der Waals surface area contributed by atoms with E-state index in [9.17, 15) is 4.79 Å². The number of hydrogen-bond donors (Lipinski definition) is 1. The highest BCUT2D eigenvalue weighted by Gasteiger charge is 2.36. The van der Waals surface area contributed by atoms with Crippen LogP contribution in [0, 0.1) is 0 Å². The number of nitrogens with one attached hydrogen (secondary N) is 1. The number of hydrogen-bond acceptors (Lipinski definition) is 4. The van der Waals surface area contributed by atoms with Crippen LogP contribution in [0.5, 0.6) is 0 Å². The van der Waals surface area contributed by atoms with Gasteiger partial charge >= 0.3 is 0 Å². The van der Waals surface area contributed by atoms with Gasteiger partial charge in [-0.3, -0.25) is 10.1 Å². The molecule has 0 aliphatic carbocycles. The molecule has 1 N–H and O–H groups in total. The molecule has 1 aromatic heterocycles. The molecule has 1 aliphatic heterocycles. The first kappa shape index (κ1) is 15.9. The molecule has 2 rings (SSSR count). The van der Waals surface area contributed by atoms with Crippen molar-refractivity contribution in [3.05, 3.63) is 22.4 Å². The summed E-state index contributed by atoms with van der Waals surface area (Å²) in [6.07, 6.45) is 7.12. The van der Waals surface area contributed by atoms with Crippen LogP contribution in [0.4, 0.5) is 0 Å². The molecule has 112 valence electrons. The third kappa shape index (κ3) is 3.99. The minimum atomic E-state index is -0.0589. The summed E-state index contributed by atoms with van der Waals surface area (Å²) in [7, 11) is 0. The van der Waals surface area contributed by atoms with Crippen molar-refractivity contribution >= 4 is 29.0 Å². The zero-order valence-corrected chi connectivity index (χ0v) is 13.9. The first-order valence-electron chi connectivity index (χ1n) is 7.31. The van der Waals surface area contributed by atoms with Crippen LogP contribution in [-0.2, 0) is 4.79 Å². The third-order valence-electron chi connectivity index (χ3n) is 3.73. The van der Waals surface area contributed by atoms with Crippen molar-refractivity contribution < 1.29 is 4.79 Å². The molecule has 2 atom stereocenters. The summed E-state index contributed by atoms with van der Waals surface area (Å²) in [6.45, 7) is 2.83. The minimum Gasteiger partial charge on any atom is -0.322 e. The molecule has 1 amide bonds. The number of carbonyl (C=O) groups excluding carboxylic acids is 1. The van der Waals surface area contributed by atoms with E-state index in [2.05, 4.69) is 28.4 Å². The average Bonchev–Trinajstić information content (AvgIpc) is 3.05. The van der Waals surface area contributed by atoms with E-state index in [1.165, 1.54) is 30.6 Å². The van der Waals surface area contributed by atoms with Crippen molar-refractivity contribution in [1.82, 2.24) is 10.2 Å². The molecule has 0 spiro atoms. The van der Waals surface area contributed by atoms with Crippen LogP contribution in [0.1, 0.15) is 44.3 Å². The number of thiophene rings is 1. The predicted molar refractivity (Wildman–Crippen MR) is 88.2 cm³/mol. The number of rotatable bonds is 8. The molecule has 1 saturated heterocycles. The molecule has 0 saturated carbocycles. The summed E-state index contributed by atoms with van der Waals surface area (Å²) in [5.74, 6) is 1.49. The topological polar surface area (TPSA) is 32.3 Å².